The molecule has 0 radical (unpaired) electrons. The number of anilines is 2. The van der Waals surface area contributed by atoms with E-state index in [0.29, 0.717) is 5.69 Å². The van der Waals surface area contributed by atoms with Gasteiger partial charge in [-0.3, -0.25) is 15.0 Å². The Morgan fingerprint density at radius 3 is 2.16 bits per heavy atom. The number of para-hydroxylation sites is 1. The molecular formula is C22H23N3O6. The Balaban J connectivity index is 2.36. The van der Waals surface area contributed by atoms with Crippen LogP contribution >= 0.6 is 0 Å². The minimum Gasteiger partial charge on any atom is -0.462 e. The number of benzene rings is 2. The second-order valence-corrected chi connectivity index (χ2v) is 6.15. The number of hydrazone groups is 1. The van der Waals surface area contributed by atoms with Gasteiger partial charge in [0.1, 0.15) is 0 Å². The quantitative estimate of drug-likeness (QED) is 0.274. The maximum absolute atomic E-state index is 12.5. The van der Waals surface area contributed by atoms with E-state index in [4.69, 9.17) is 9.47 Å². The Labute approximate surface area is 179 Å². The first-order valence-electron chi connectivity index (χ1n) is 9.56. The molecule has 9 nitrogen and oxygen atoms in total. The Hall–Kier alpha value is -4.01. The summed E-state index contributed by atoms with van der Waals surface area (Å²) in [6.07, 6.45) is 0. The zero-order chi connectivity index (χ0) is 22.8. The number of ketones is 1. The zero-order valence-corrected chi connectivity index (χ0v) is 17.4. The second-order valence-electron chi connectivity index (χ2n) is 6.15. The molecule has 0 saturated heterocycles. The van der Waals surface area contributed by atoms with Crippen LogP contribution in [0.5, 0.6) is 0 Å². The average molecular weight is 425 g/mol. The Bertz CT molecular complexity index is 1000. The summed E-state index contributed by atoms with van der Waals surface area (Å²) in [6, 6.07) is 12.7. The molecule has 2 rings (SSSR count). The van der Waals surface area contributed by atoms with Crippen molar-refractivity contribution in [1.29, 1.82) is 0 Å². The van der Waals surface area contributed by atoms with Crippen molar-refractivity contribution < 1.29 is 28.7 Å². The third-order valence-electron chi connectivity index (χ3n) is 3.89. The summed E-state index contributed by atoms with van der Waals surface area (Å²) in [5, 5.41) is 6.45. The van der Waals surface area contributed by atoms with Crippen LogP contribution in [0.3, 0.4) is 0 Å². The number of nitrogens with one attached hydrogen (secondary N) is 2. The Morgan fingerprint density at radius 2 is 1.55 bits per heavy atom. The van der Waals surface area contributed by atoms with E-state index in [-0.39, 0.29) is 30.0 Å². The minimum atomic E-state index is -0.731. The molecule has 0 aliphatic rings. The third kappa shape index (κ3) is 6.49. The summed E-state index contributed by atoms with van der Waals surface area (Å²) in [7, 11) is 0. The highest BCUT2D eigenvalue weighted by atomic mass is 16.5. The van der Waals surface area contributed by atoms with Gasteiger partial charge in [0.15, 0.2) is 11.5 Å². The molecule has 0 aromatic heterocycles. The molecule has 0 aliphatic heterocycles. The first-order chi connectivity index (χ1) is 14.9. The van der Waals surface area contributed by atoms with Crippen LogP contribution in [0.2, 0.25) is 0 Å². The molecule has 0 bridgehead atoms. The molecule has 31 heavy (non-hydrogen) atoms. The van der Waals surface area contributed by atoms with Crippen LogP contribution in [0.25, 0.3) is 0 Å². The van der Waals surface area contributed by atoms with E-state index in [1.54, 1.807) is 44.2 Å². The highest BCUT2D eigenvalue weighted by Gasteiger charge is 2.20. The maximum Gasteiger partial charge on any atom is 0.340 e. The van der Waals surface area contributed by atoms with Crippen molar-refractivity contribution in [3.63, 3.8) is 0 Å². The smallest absolute Gasteiger partial charge is 0.340 e. The number of Topliss-reactive ketones (excluding diaryl/α,β-unsaturated/α-hetero) is 1. The second kappa shape index (κ2) is 11.2. The normalized spacial score (nSPS) is 10.7. The number of amides is 1. The summed E-state index contributed by atoms with van der Waals surface area (Å²) in [5.41, 5.74) is 2.91. The van der Waals surface area contributed by atoms with Crippen LogP contribution < -0.4 is 10.7 Å². The Morgan fingerprint density at radius 1 is 0.903 bits per heavy atom. The highest BCUT2D eigenvalue weighted by molar-refractivity contribution is 6.67. The van der Waals surface area contributed by atoms with Crippen LogP contribution in [0.1, 0.15) is 41.5 Å². The fourth-order valence-corrected chi connectivity index (χ4v) is 2.48. The van der Waals surface area contributed by atoms with Gasteiger partial charge in [0.2, 0.25) is 0 Å². The van der Waals surface area contributed by atoms with Crippen molar-refractivity contribution in [2.75, 3.05) is 24.0 Å². The van der Waals surface area contributed by atoms with E-state index in [2.05, 4.69) is 15.8 Å². The van der Waals surface area contributed by atoms with E-state index in [1.807, 2.05) is 0 Å². The van der Waals surface area contributed by atoms with Gasteiger partial charge in [-0.25, -0.2) is 9.59 Å². The standard InChI is InChI=1S/C22H23N3O6/c1-4-30-21(28)15-11-12-17(22(29)31-5-2)18(13-15)24-25-19(14(3)26)20(27)23-16-9-7-6-8-10-16/h6-13,24H,4-5H2,1-3H3,(H,23,27)/b25-19-. The highest BCUT2D eigenvalue weighted by Crippen LogP contribution is 2.20. The number of ether oxygens (including phenoxy) is 2. The number of carbonyl (C=O) groups excluding carboxylic acids is 4. The molecule has 0 fully saturated rings. The van der Waals surface area contributed by atoms with Crippen molar-refractivity contribution >= 4 is 40.7 Å². The summed E-state index contributed by atoms with van der Waals surface area (Å²) in [4.78, 5) is 48.8. The van der Waals surface area contributed by atoms with Crippen molar-refractivity contribution in [2.45, 2.75) is 20.8 Å². The summed E-state index contributed by atoms with van der Waals surface area (Å²) >= 11 is 0. The third-order valence-corrected chi connectivity index (χ3v) is 3.89. The van der Waals surface area contributed by atoms with Gasteiger partial charge < -0.3 is 14.8 Å². The average Bonchev–Trinajstić information content (AvgIpc) is 2.74. The van der Waals surface area contributed by atoms with Gasteiger partial charge in [0.05, 0.1) is 30.0 Å². The molecule has 9 heteroatoms. The fourth-order valence-electron chi connectivity index (χ4n) is 2.48. The fraction of sp³-hybridized carbons (Fsp3) is 0.227. The Kier molecular flexibility index (Phi) is 8.44. The van der Waals surface area contributed by atoms with Gasteiger partial charge in [0, 0.05) is 12.6 Å². The predicted octanol–water partition coefficient (Wildman–Crippen LogP) is 3.04. The van der Waals surface area contributed by atoms with Crippen LogP contribution in [-0.2, 0) is 19.1 Å². The van der Waals surface area contributed by atoms with E-state index in [0.717, 1.165) is 0 Å². The molecule has 162 valence electrons. The van der Waals surface area contributed by atoms with Gasteiger partial charge in [-0.15, -0.1) is 0 Å². The van der Waals surface area contributed by atoms with Gasteiger partial charge >= 0.3 is 11.9 Å². The van der Waals surface area contributed by atoms with Crippen molar-refractivity contribution in [3.8, 4) is 0 Å². The van der Waals surface area contributed by atoms with E-state index >= 15 is 0 Å². The van der Waals surface area contributed by atoms with E-state index in [9.17, 15) is 19.2 Å². The van der Waals surface area contributed by atoms with Gasteiger partial charge in [0.25, 0.3) is 5.91 Å². The number of rotatable bonds is 9. The molecule has 1 amide bonds. The lowest BCUT2D eigenvalue weighted by Gasteiger charge is -2.11. The molecule has 0 atom stereocenters. The number of hydrogen-bond acceptors (Lipinski definition) is 8. The zero-order valence-electron chi connectivity index (χ0n) is 17.4. The minimum absolute atomic E-state index is 0.0741. The number of esters is 2. The van der Waals surface area contributed by atoms with Crippen LogP contribution in [0.4, 0.5) is 11.4 Å². The lowest BCUT2D eigenvalue weighted by atomic mass is 10.1. The monoisotopic (exact) mass is 425 g/mol. The predicted molar refractivity (Wildman–Crippen MR) is 115 cm³/mol. The number of nitrogens with zero attached hydrogens (tertiary/aromatic N) is 1. The molecular weight excluding hydrogens is 402 g/mol. The van der Waals surface area contributed by atoms with Crippen molar-refractivity contribution in [1.82, 2.24) is 0 Å². The van der Waals surface area contributed by atoms with Crippen LogP contribution in [0, 0.1) is 0 Å². The molecule has 0 heterocycles. The SMILES string of the molecule is CCOC(=O)c1ccc(C(=O)OCC)c(N/N=C(/C(C)=O)C(=O)Nc2ccccc2)c1. The number of carbonyl (C=O) groups is 4. The lowest BCUT2D eigenvalue weighted by molar-refractivity contribution is -0.114. The molecule has 0 aliphatic carbocycles. The molecule has 0 unspecified atom stereocenters. The molecule has 2 aromatic carbocycles. The molecule has 0 spiro atoms. The van der Waals surface area contributed by atoms with Gasteiger partial charge in [-0.1, -0.05) is 18.2 Å². The first kappa shape index (κ1) is 23.3. The largest absolute Gasteiger partial charge is 0.462 e. The van der Waals surface area contributed by atoms with E-state index < -0.39 is 29.3 Å². The summed E-state index contributed by atoms with van der Waals surface area (Å²) in [6.45, 7) is 4.82. The summed E-state index contributed by atoms with van der Waals surface area (Å²) in [5.74, 6) is -2.59. The van der Waals surface area contributed by atoms with E-state index in [1.165, 1.54) is 25.1 Å². The summed E-state index contributed by atoms with van der Waals surface area (Å²) < 4.78 is 9.97. The van der Waals surface area contributed by atoms with Crippen molar-refractivity contribution in [2.24, 2.45) is 5.10 Å². The first-order valence-corrected chi connectivity index (χ1v) is 9.56. The number of hydrogen-bond donors (Lipinski definition) is 2. The molecule has 2 N–H and O–H groups in total. The van der Waals surface area contributed by atoms with Gasteiger partial charge in [-0.05, 0) is 44.2 Å². The van der Waals surface area contributed by atoms with Crippen LogP contribution in [0.15, 0.2) is 53.6 Å². The van der Waals surface area contributed by atoms with Crippen molar-refractivity contribution in [3.05, 3.63) is 59.7 Å². The lowest BCUT2D eigenvalue weighted by Crippen LogP contribution is -2.29. The van der Waals surface area contributed by atoms with Crippen LogP contribution in [-0.4, -0.2) is 42.6 Å². The molecule has 0 saturated carbocycles. The van der Waals surface area contributed by atoms with Gasteiger partial charge in [-0.2, -0.15) is 5.10 Å². The maximum atomic E-state index is 12.5. The molecule has 2 aromatic rings. The topological polar surface area (TPSA) is 123 Å².